The van der Waals surface area contributed by atoms with Crippen molar-refractivity contribution in [3.63, 3.8) is 0 Å². The number of sulfonamides is 1. The Morgan fingerprint density at radius 2 is 1.65 bits per heavy atom. The van der Waals surface area contributed by atoms with Crippen molar-refractivity contribution in [3.8, 4) is 5.69 Å². The van der Waals surface area contributed by atoms with E-state index in [1.165, 1.54) is 21.3 Å². The van der Waals surface area contributed by atoms with E-state index in [0.717, 1.165) is 16.7 Å². The van der Waals surface area contributed by atoms with Crippen molar-refractivity contribution in [3.05, 3.63) is 111 Å². The Hall–Kier alpha value is -3.55. The Kier molecular flexibility index (Phi) is 6.50. The van der Waals surface area contributed by atoms with E-state index < -0.39 is 16.1 Å². The van der Waals surface area contributed by atoms with Crippen LogP contribution in [0.5, 0.6) is 0 Å². The highest BCUT2D eigenvalue weighted by Gasteiger charge is 2.27. The van der Waals surface area contributed by atoms with E-state index in [4.69, 9.17) is 4.98 Å². The molecule has 1 atom stereocenters. The smallest absolute Gasteiger partial charge is 0.266 e. The molecule has 1 unspecified atom stereocenters. The minimum atomic E-state index is -3.79. The Morgan fingerprint density at radius 1 is 0.971 bits per heavy atom. The number of aryl methyl sites for hydroxylation is 2. The maximum atomic E-state index is 13.6. The summed E-state index contributed by atoms with van der Waals surface area (Å²) in [5.41, 5.74) is 3.74. The quantitative estimate of drug-likeness (QED) is 0.395. The molecule has 0 radical (unpaired) electrons. The zero-order valence-corrected chi connectivity index (χ0v) is 20.5. The molecular weight excluding hydrogens is 446 g/mol. The summed E-state index contributed by atoms with van der Waals surface area (Å²) in [5.74, 6) is 0.356. The van der Waals surface area contributed by atoms with Crippen LogP contribution in [0.4, 0.5) is 0 Å². The predicted molar refractivity (Wildman–Crippen MR) is 137 cm³/mol. The van der Waals surface area contributed by atoms with Crippen molar-refractivity contribution in [1.29, 1.82) is 0 Å². The molecule has 0 amide bonds. The second kappa shape index (κ2) is 9.37. The van der Waals surface area contributed by atoms with Crippen LogP contribution in [-0.2, 0) is 10.0 Å². The third-order valence-corrected chi connectivity index (χ3v) is 7.55. The van der Waals surface area contributed by atoms with Crippen LogP contribution in [0, 0.1) is 13.8 Å². The third kappa shape index (κ3) is 4.58. The van der Waals surface area contributed by atoms with Crippen LogP contribution in [0.2, 0.25) is 0 Å². The molecule has 0 saturated heterocycles. The van der Waals surface area contributed by atoms with Gasteiger partial charge in [0.15, 0.2) is 0 Å². The summed E-state index contributed by atoms with van der Waals surface area (Å²) in [6.07, 6.45) is 1.56. The monoisotopic (exact) mass is 473 g/mol. The zero-order valence-electron chi connectivity index (χ0n) is 19.6. The number of nitrogens with zero attached hydrogens (tertiary/aromatic N) is 3. The van der Waals surface area contributed by atoms with Gasteiger partial charge in [-0.05, 0) is 56.2 Å². The molecule has 0 N–H and O–H groups in total. The van der Waals surface area contributed by atoms with Crippen molar-refractivity contribution in [2.24, 2.45) is 0 Å². The first-order chi connectivity index (χ1) is 16.2. The summed E-state index contributed by atoms with van der Waals surface area (Å²) in [6, 6.07) is 21.4. The molecule has 0 saturated carbocycles. The minimum absolute atomic E-state index is 0.231. The van der Waals surface area contributed by atoms with Crippen molar-refractivity contribution in [2.45, 2.75) is 26.8 Å². The molecule has 0 aliphatic rings. The molecule has 34 heavy (non-hydrogen) atoms. The number of fused-ring (bicyclic) bond motifs is 1. The van der Waals surface area contributed by atoms with E-state index in [9.17, 15) is 13.2 Å². The number of para-hydroxylation sites is 1. The average molecular weight is 474 g/mol. The molecular formula is C27H27N3O3S. The van der Waals surface area contributed by atoms with Gasteiger partial charge < -0.3 is 0 Å². The van der Waals surface area contributed by atoms with Crippen LogP contribution in [0.15, 0.2) is 83.0 Å². The van der Waals surface area contributed by atoms with Gasteiger partial charge >= 0.3 is 0 Å². The molecule has 4 rings (SSSR count). The van der Waals surface area contributed by atoms with Gasteiger partial charge in [0.1, 0.15) is 5.82 Å². The first-order valence-electron chi connectivity index (χ1n) is 11.0. The van der Waals surface area contributed by atoms with Gasteiger partial charge in [-0.15, -0.1) is 0 Å². The summed E-state index contributed by atoms with van der Waals surface area (Å²) < 4.78 is 29.1. The molecule has 1 aromatic heterocycles. The average Bonchev–Trinajstić information content (AvgIpc) is 2.83. The van der Waals surface area contributed by atoms with Gasteiger partial charge in [-0.25, -0.2) is 13.4 Å². The Labute approximate surface area is 199 Å². The molecule has 6 nitrogen and oxygen atoms in total. The number of hydrogen-bond donors (Lipinski definition) is 0. The van der Waals surface area contributed by atoms with Crippen LogP contribution < -0.4 is 5.56 Å². The van der Waals surface area contributed by atoms with Gasteiger partial charge in [0, 0.05) is 12.5 Å². The van der Waals surface area contributed by atoms with Gasteiger partial charge in [0.25, 0.3) is 5.56 Å². The number of hydrogen-bond acceptors (Lipinski definition) is 4. The van der Waals surface area contributed by atoms with E-state index in [0.29, 0.717) is 22.4 Å². The summed E-state index contributed by atoms with van der Waals surface area (Å²) in [5, 5.41) is 1.66. The van der Waals surface area contributed by atoms with Crippen molar-refractivity contribution >= 4 is 27.0 Å². The maximum absolute atomic E-state index is 13.6. The first kappa shape index (κ1) is 23.6. The third-order valence-electron chi connectivity index (χ3n) is 5.95. The summed E-state index contributed by atoms with van der Waals surface area (Å²) in [7, 11) is -2.29. The molecule has 0 spiro atoms. The molecule has 0 bridgehead atoms. The number of aromatic nitrogens is 2. The molecule has 0 aliphatic carbocycles. The zero-order chi connectivity index (χ0) is 24.5. The maximum Gasteiger partial charge on any atom is 0.266 e. The van der Waals surface area contributed by atoms with Gasteiger partial charge in [0.2, 0.25) is 10.0 Å². The van der Waals surface area contributed by atoms with Crippen molar-refractivity contribution < 1.29 is 8.42 Å². The Bertz CT molecular complexity index is 1540. The summed E-state index contributed by atoms with van der Waals surface area (Å²) >= 11 is 0. The summed E-state index contributed by atoms with van der Waals surface area (Å²) in [6.45, 7) is 5.66. The highest BCUT2D eigenvalue weighted by molar-refractivity contribution is 7.92. The molecule has 0 fully saturated rings. The van der Waals surface area contributed by atoms with E-state index in [1.54, 1.807) is 31.2 Å². The van der Waals surface area contributed by atoms with Crippen LogP contribution in [-0.4, -0.2) is 29.3 Å². The van der Waals surface area contributed by atoms with Crippen molar-refractivity contribution in [2.75, 3.05) is 7.05 Å². The van der Waals surface area contributed by atoms with Crippen LogP contribution in [0.1, 0.15) is 35.5 Å². The minimum Gasteiger partial charge on any atom is -0.268 e. The predicted octanol–water partition coefficient (Wildman–Crippen LogP) is 5.00. The fourth-order valence-corrected chi connectivity index (χ4v) is 4.98. The largest absolute Gasteiger partial charge is 0.268 e. The fraction of sp³-hybridized carbons (Fsp3) is 0.185. The van der Waals surface area contributed by atoms with Gasteiger partial charge in [-0.1, -0.05) is 60.2 Å². The van der Waals surface area contributed by atoms with Gasteiger partial charge in [0.05, 0.1) is 22.6 Å². The molecule has 0 aliphatic heterocycles. The van der Waals surface area contributed by atoms with Crippen molar-refractivity contribution in [1.82, 2.24) is 13.9 Å². The van der Waals surface area contributed by atoms with Gasteiger partial charge in [-0.3, -0.25) is 9.36 Å². The Balaban J connectivity index is 1.86. The Morgan fingerprint density at radius 3 is 2.35 bits per heavy atom. The molecule has 7 heteroatoms. The number of rotatable bonds is 6. The van der Waals surface area contributed by atoms with Crippen LogP contribution in [0.25, 0.3) is 22.7 Å². The number of benzene rings is 3. The normalized spacial score (nSPS) is 13.1. The molecule has 174 valence electrons. The molecule has 3 aromatic carbocycles. The van der Waals surface area contributed by atoms with E-state index >= 15 is 0 Å². The van der Waals surface area contributed by atoms with E-state index in [1.807, 2.05) is 68.4 Å². The second-order valence-electron chi connectivity index (χ2n) is 8.37. The SMILES string of the molecule is Cc1ccc(-n2c(C(C)N(C)S(=O)(=O)C=Cc3ccccc3)nc3ccccc3c2=O)c(C)c1. The molecule has 1 heterocycles. The van der Waals surface area contributed by atoms with Crippen LogP contribution in [0.3, 0.4) is 0 Å². The summed E-state index contributed by atoms with van der Waals surface area (Å²) in [4.78, 5) is 18.4. The first-order valence-corrected chi connectivity index (χ1v) is 12.5. The highest BCUT2D eigenvalue weighted by Crippen LogP contribution is 2.26. The lowest BCUT2D eigenvalue weighted by atomic mass is 10.1. The van der Waals surface area contributed by atoms with Gasteiger partial charge in [-0.2, -0.15) is 4.31 Å². The highest BCUT2D eigenvalue weighted by atomic mass is 32.2. The van der Waals surface area contributed by atoms with Crippen LogP contribution >= 0.6 is 0 Å². The lowest BCUT2D eigenvalue weighted by molar-refractivity contribution is 0.384. The topological polar surface area (TPSA) is 72.3 Å². The second-order valence-corrected chi connectivity index (χ2v) is 10.2. The fourth-order valence-electron chi connectivity index (χ4n) is 3.93. The molecule has 4 aromatic rings. The lowest BCUT2D eigenvalue weighted by Crippen LogP contribution is -2.34. The lowest BCUT2D eigenvalue weighted by Gasteiger charge is -2.26. The van der Waals surface area contributed by atoms with E-state index in [2.05, 4.69) is 0 Å². The standard InChI is InChI=1S/C27H27N3O3S/c1-19-14-15-25(20(2)18-19)30-26(28-24-13-9-8-12-23(24)27(30)31)21(3)29(4)34(32,33)17-16-22-10-6-5-7-11-22/h5-18,21H,1-4H3. The van der Waals surface area contributed by atoms with E-state index in [-0.39, 0.29) is 5.56 Å².